The van der Waals surface area contributed by atoms with Gasteiger partial charge in [0, 0.05) is 25.1 Å². The van der Waals surface area contributed by atoms with Crippen LogP contribution >= 0.6 is 0 Å². The number of para-hydroxylation sites is 1. The molecule has 2 amide bonds. The van der Waals surface area contributed by atoms with Crippen molar-refractivity contribution in [2.24, 2.45) is 0 Å². The van der Waals surface area contributed by atoms with Crippen molar-refractivity contribution in [3.8, 4) is 11.5 Å². The standard InChI is InChI=1S/C21H22N2O4/c1-14-6-5-8-17(10-14)27-19-9-4-3-7-16(19)12-22-21(26)23-13-15(2)11-18(23)20(24)25/h3-10,18H,2,11-13H2,1H3,(H,22,26)(H,24,25)/t18-/m0/s1. The molecule has 0 unspecified atom stereocenters. The number of carboxylic acid groups (broad SMARTS) is 1. The molecule has 1 aliphatic rings. The second kappa shape index (κ2) is 7.95. The lowest BCUT2D eigenvalue weighted by molar-refractivity contribution is -0.141. The zero-order valence-electron chi connectivity index (χ0n) is 15.1. The summed E-state index contributed by atoms with van der Waals surface area (Å²) in [5, 5.41) is 12.1. The first-order valence-electron chi connectivity index (χ1n) is 8.70. The highest BCUT2D eigenvalue weighted by atomic mass is 16.5. The molecule has 6 heteroatoms. The summed E-state index contributed by atoms with van der Waals surface area (Å²) in [6, 6.07) is 13.8. The van der Waals surface area contributed by atoms with Gasteiger partial charge in [-0.05, 0) is 30.7 Å². The summed E-state index contributed by atoms with van der Waals surface area (Å²) in [5.74, 6) is 0.339. The summed E-state index contributed by atoms with van der Waals surface area (Å²) < 4.78 is 5.95. The van der Waals surface area contributed by atoms with Gasteiger partial charge in [0.1, 0.15) is 17.5 Å². The van der Waals surface area contributed by atoms with Crippen molar-refractivity contribution in [3.63, 3.8) is 0 Å². The van der Waals surface area contributed by atoms with Crippen molar-refractivity contribution >= 4 is 12.0 Å². The lowest BCUT2D eigenvalue weighted by atomic mass is 10.2. The van der Waals surface area contributed by atoms with E-state index in [2.05, 4.69) is 11.9 Å². The maximum Gasteiger partial charge on any atom is 0.326 e. The first-order valence-corrected chi connectivity index (χ1v) is 8.70. The molecule has 2 aromatic carbocycles. The second-order valence-corrected chi connectivity index (χ2v) is 6.62. The summed E-state index contributed by atoms with van der Waals surface area (Å²) >= 11 is 0. The maximum atomic E-state index is 12.5. The number of nitrogens with one attached hydrogen (secondary N) is 1. The molecule has 0 spiro atoms. The second-order valence-electron chi connectivity index (χ2n) is 6.62. The van der Waals surface area contributed by atoms with Crippen LogP contribution in [0.1, 0.15) is 17.5 Å². The number of urea groups is 1. The Bertz CT molecular complexity index is 878. The lowest BCUT2D eigenvalue weighted by Crippen LogP contribution is -2.45. The van der Waals surface area contributed by atoms with E-state index in [1.165, 1.54) is 4.90 Å². The van der Waals surface area contributed by atoms with E-state index in [0.717, 1.165) is 22.4 Å². The van der Waals surface area contributed by atoms with Crippen LogP contribution in [0.15, 0.2) is 60.7 Å². The van der Waals surface area contributed by atoms with Gasteiger partial charge in [-0.3, -0.25) is 0 Å². The summed E-state index contributed by atoms with van der Waals surface area (Å²) in [4.78, 5) is 25.1. The number of amides is 2. The van der Waals surface area contributed by atoms with Gasteiger partial charge >= 0.3 is 12.0 Å². The van der Waals surface area contributed by atoms with Crippen LogP contribution in [-0.4, -0.2) is 34.6 Å². The Balaban J connectivity index is 1.68. The number of carboxylic acids is 1. The Morgan fingerprint density at radius 3 is 2.78 bits per heavy atom. The van der Waals surface area contributed by atoms with Gasteiger partial charge in [0.2, 0.25) is 0 Å². The highest BCUT2D eigenvalue weighted by Crippen LogP contribution is 2.26. The highest BCUT2D eigenvalue weighted by molar-refractivity contribution is 5.84. The third kappa shape index (κ3) is 4.47. The van der Waals surface area contributed by atoms with E-state index in [1.807, 2.05) is 55.5 Å². The molecule has 1 fully saturated rings. The molecule has 0 aliphatic carbocycles. The molecule has 1 heterocycles. The van der Waals surface area contributed by atoms with Gasteiger partial charge in [-0.15, -0.1) is 0 Å². The molecular weight excluding hydrogens is 344 g/mol. The van der Waals surface area contributed by atoms with E-state index >= 15 is 0 Å². The summed E-state index contributed by atoms with van der Waals surface area (Å²) in [6.45, 7) is 6.28. The van der Waals surface area contributed by atoms with Crippen molar-refractivity contribution in [3.05, 3.63) is 71.8 Å². The third-order valence-corrected chi connectivity index (χ3v) is 4.42. The summed E-state index contributed by atoms with van der Waals surface area (Å²) in [6.07, 6.45) is 0.288. The summed E-state index contributed by atoms with van der Waals surface area (Å²) in [5.41, 5.74) is 2.63. The number of rotatable bonds is 5. The van der Waals surface area contributed by atoms with Crippen LogP contribution in [0.25, 0.3) is 0 Å². The molecule has 1 atom stereocenters. The third-order valence-electron chi connectivity index (χ3n) is 4.42. The van der Waals surface area contributed by atoms with Gasteiger partial charge in [0.05, 0.1) is 0 Å². The summed E-state index contributed by atoms with van der Waals surface area (Å²) in [7, 11) is 0. The molecular formula is C21H22N2O4. The fourth-order valence-corrected chi connectivity index (χ4v) is 3.06. The van der Waals surface area contributed by atoms with Crippen LogP contribution in [0.4, 0.5) is 4.79 Å². The first-order chi connectivity index (χ1) is 12.9. The molecule has 2 aromatic rings. The first kappa shape index (κ1) is 18.5. The largest absolute Gasteiger partial charge is 0.480 e. The smallest absolute Gasteiger partial charge is 0.326 e. The van der Waals surface area contributed by atoms with Crippen LogP contribution in [0.2, 0.25) is 0 Å². The minimum atomic E-state index is -1.02. The van der Waals surface area contributed by atoms with Crippen molar-refractivity contribution in [1.82, 2.24) is 10.2 Å². The molecule has 0 saturated carbocycles. The molecule has 0 bridgehead atoms. The predicted octanol–water partition coefficient (Wildman–Crippen LogP) is 3.71. The number of aliphatic carboxylic acids is 1. The molecule has 27 heavy (non-hydrogen) atoms. The normalized spacial score (nSPS) is 16.3. The van der Waals surface area contributed by atoms with Crippen molar-refractivity contribution in [1.29, 1.82) is 0 Å². The Labute approximate surface area is 158 Å². The maximum absolute atomic E-state index is 12.5. The Morgan fingerprint density at radius 2 is 2.04 bits per heavy atom. The number of hydrogen-bond donors (Lipinski definition) is 2. The Morgan fingerprint density at radius 1 is 1.26 bits per heavy atom. The van der Waals surface area contributed by atoms with E-state index in [9.17, 15) is 14.7 Å². The average molecular weight is 366 g/mol. The fraction of sp³-hybridized carbons (Fsp3) is 0.238. The van der Waals surface area contributed by atoms with Gasteiger partial charge in [-0.2, -0.15) is 0 Å². The minimum absolute atomic E-state index is 0.232. The molecule has 2 N–H and O–H groups in total. The molecule has 0 radical (unpaired) electrons. The number of hydrogen-bond acceptors (Lipinski definition) is 3. The fourth-order valence-electron chi connectivity index (χ4n) is 3.06. The van der Waals surface area contributed by atoms with Gasteiger partial charge in [0.15, 0.2) is 0 Å². The molecule has 6 nitrogen and oxygen atoms in total. The molecule has 1 saturated heterocycles. The van der Waals surface area contributed by atoms with E-state index in [-0.39, 0.29) is 19.5 Å². The van der Waals surface area contributed by atoms with Gasteiger partial charge < -0.3 is 20.1 Å². The molecule has 140 valence electrons. The average Bonchev–Trinajstić information content (AvgIpc) is 3.03. The van der Waals surface area contributed by atoms with E-state index in [0.29, 0.717) is 5.75 Å². The van der Waals surface area contributed by atoms with Crippen LogP contribution < -0.4 is 10.1 Å². The number of carbonyl (C=O) groups is 2. The zero-order valence-corrected chi connectivity index (χ0v) is 15.1. The quantitative estimate of drug-likeness (QED) is 0.791. The number of ether oxygens (including phenoxy) is 1. The van der Waals surface area contributed by atoms with Gasteiger partial charge in [0.25, 0.3) is 0 Å². The van der Waals surface area contributed by atoms with Gasteiger partial charge in [-0.1, -0.05) is 42.5 Å². The van der Waals surface area contributed by atoms with E-state index < -0.39 is 18.0 Å². The van der Waals surface area contributed by atoms with Crippen molar-refractivity contribution in [2.45, 2.75) is 25.9 Å². The van der Waals surface area contributed by atoms with Crippen molar-refractivity contribution in [2.75, 3.05) is 6.54 Å². The number of carbonyl (C=O) groups excluding carboxylic acids is 1. The van der Waals surface area contributed by atoms with Crippen LogP contribution in [0.5, 0.6) is 11.5 Å². The van der Waals surface area contributed by atoms with Gasteiger partial charge in [-0.25, -0.2) is 9.59 Å². The SMILES string of the molecule is C=C1C[C@@H](C(=O)O)N(C(=O)NCc2ccccc2Oc2cccc(C)c2)C1. The molecule has 3 rings (SSSR count). The highest BCUT2D eigenvalue weighted by Gasteiger charge is 2.35. The molecule has 0 aromatic heterocycles. The lowest BCUT2D eigenvalue weighted by Gasteiger charge is -2.22. The monoisotopic (exact) mass is 366 g/mol. The number of likely N-dealkylation sites (tertiary alicyclic amines) is 1. The number of benzene rings is 2. The Kier molecular flexibility index (Phi) is 5.45. The van der Waals surface area contributed by atoms with Crippen LogP contribution in [0, 0.1) is 6.92 Å². The topological polar surface area (TPSA) is 78.9 Å². The number of nitrogens with zero attached hydrogens (tertiary/aromatic N) is 1. The van der Waals surface area contributed by atoms with Crippen molar-refractivity contribution < 1.29 is 19.4 Å². The van der Waals surface area contributed by atoms with E-state index in [4.69, 9.17) is 4.74 Å². The van der Waals surface area contributed by atoms with Crippen LogP contribution in [-0.2, 0) is 11.3 Å². The van der Waals surface area contributed by atoms with Crippen LogP contribution in [0.3, 0.4) is 0 Å². The predicted molar refractivity (Wildman–Crippen MR) is 102 cm³/mol. The Hall–Kier alpha value is -3.28. The number of aryl methyl sites for hydroxylation is 1. The van der Waals surface area contributed by atoms with E-state index in [1.54, 1.807) is 0 Å². The molecule has 1 aliphatic heterocycles. The minimum Gasteiger partial charge on any atom is -0.480 e. The zero-order chi connectivity index (χ0) is 19.4.